The number of aliphatic hydroxyl groups is 1. The molecule has 1 aromatic carbocycles. The third kappa shape index (κ3) is 3.06. The van der Waals surface area contributed by atoms with Gasteiger partial charge in [-0.3, -0.25) is 9.59 Å². The molecule has 1 fully saturated rings. The van der Waals surface area contributed by atoms with E-state index in [-0.39, 0.29) is 5.91 Å². The molecule has 1 atom stereocenters. The van der Waals surface area contributed by atoms with Crippen LogP contribution >= 0.6 is 0 Å². The van der Waals surface area contributed by atoms with E-state index in [2.05, 4.69) is 16.9 Å². The molecule has 7 heteroatoms. The number of benzene rings is 1. The Hall–Kier alpha value is -3.11. The van der Waals surface area contributed by atoms with Gasteiger partial charge in [-0.25, -0.2) is 4.68 Å². The molecule has 3 N–H and O–H groups in total. The summed E-state index contributed by atoms with van der Waals surface area (Å²) < 4.78 is 1.77. The second-order valence-electron chi connectivity index (χ2n) is 7.39. The van der Waals surface area contributed by atoms with Gasteiger partial charge in [-0.05, 0) is 43.9 Å². The molecule has 0 spiro atoms. The number of aromatic nitrogens is 2. The van der Waals surface area contributed by atoms with Crippen molar-refractivity contribution in [2.75, 3.05) is 13.6 Å². The molecular formula is C21H22N4O3. The average Bonchev–Trinajstić information content (AvgIpc) is 3.21. The maximum absolute atomic E-state index is 12.1. The molecule has 144 valence electrons. The van der Waals surface area contributed by atoms with Gasteiger partial charge in [0, 0.05) is 36.8 Å². The van der Waals surface area contributed by atoms with Gasteiger partial charge >= 0.3 is 0 Å². The summed E-state index contributed by atoms with van der Waals surface area (Å²) in [5.41, 5.74) is 7.60. The van der Waals surface area contributed by atoms with Gasteiger partial charge in [-0.15, -0.1) is 0 Å². The molecule has 2 heterocycles. The molecule has 4 rings (SSSR count). The first-order chi connectivity index (χ1) is 13.4. The lowest BCUT2D eigenvalue weighted by atomic mass is 9.95. The van der Waals surface area contributed by atoms with E-state index >= 15 is 0 Å². The number of nitrogens with two attached hydrogens (primary N) is 1. The molecule has 1 aromatic heterocycles. The fourth-order valence-electron chi connectivity index (χ4n) is 3.87. The Morgan fingerprint density at radius 1 is 1.32 bits per heavy atom. The van der Waals surface area contributed by atoms with Crippen molar-refractivity contribution >= 4 is 11.8 Å². The Morgan fingerprint density at radius 2 is 2.11 bits per heavy atom. The second-order valence-corrected chi connectivity index (χ2v) is 7.39. The zero-order chi connectivity index (χ0) is 19.9. The molecule has 2 aliphatic rings. The summed E-state index contributed by atoms with van der Waals surface area (Å²) in [6, 6.07) is 7.38. The van der Waals surface area contributed by atoms with E-state index in [0.29, 0.717) is 24.2 Å². The Bertz CT molecular complexity index is 1030. The van der Waals surface area contributed by atoms with Crippen LogP contribution in [0.3, 0.4) is 0 Å². The van der Waals surface area contributed by atoms with Crippen molar-refractivity contribution < 1.29 is 14.7 Å². The van der Waals surface area contributed by atoms with Crippen molar-refractivity contribution in [3.63, 3.8) is 0 Å². The van der Waals surface area contributed by atoms with Crippen LogP contribution in [0, 0.1) is 11.8 Å². The first-order valence-electron chi connectivity index (χ1n) is 9.41. The number of likely N-dealkylation sites (N-methyl/N-ethyl adjacent to an activating group) is 1. The predicted octanol–water partition coefficient (Wildman–Crippen LogP) is 0.795. The highest BCUT2D eigenvalue weighted by atomic mass is 16.3. The molecule has 0 radical (unpaired) electrons. The average molecular weight is 378 g/mol. The molecule has 1 unspecified atom stereocenters. The zero-order valence-corrected chi connectivity index (χ0v) is 15.7. The Balaban J connectivity index is 1.71. The van der Waals surface area contributed by atoms with E-state index in [1.807, 2.05) is 24.3 Å². The number of carbonyl (C=O) groups excluding carboxylic acids is 2. The van der Waals surface area contributed by atoms with Gasteiger partial charge in [0.25, 0.3) is 11.8 Å². The highest BCUT2D eigenvalue weighted by molar-refractivity contribution is 5.93. The molecule has 0 saturated carbocycles. The van der Waals surface area contributed by atoms with E-state index in [1.54, 1.807) is 11.7 Å². The molecule has 1 aliphatic heterocycles. The lowest BCUT2D eigenvalue weighted by Gasteiger charge is -2.14. The van der Waals surface area contributed by atoms with Gasteiger partial charge in [0.15, 0.2) is 5.69 Å². The largest absolute Gasteiger partial charge is 0.369 e. The lowest BCUT2D eigenvalue weighted by Crippen LogP contribution is -2.37. The Morgan fingerprint density at radius 3 is 2.82 bits per heavy atom. The van der Waals surface area contributed by atoms with Crippen molar-refractivity contribution in [1.82, 2.24) is 14.7 Å². The van der Waals surface area contributed by atoms with E-state index in [0.717, 1.165) is 42.6 Å². The fourth-order valence-corrected chi connectivity index (χ4v) is 3.87. The normalized spacial score (nSPS) is 21.2. The number of hydrogen-bond acceptors (Lipinski definition) is 4. The van der Waals surface area contributed by atoms with Crippen molar-refractivity contribution in [2.24, 2.45) is 5.73 Å². The smallest absolute Gasteiger partial charge is 0.269 e. The van der Waals surface area contributed by atoms with Crippen LogP contribution in [0.5, 0.6) is 0 Å². The maximum atomic E-state index is 12.1. The van der Waals surface area contributed by atoms with Crippen molar-refractivity contribution in [1.29, 1.82) is 0 Å². The van der Waals surface area contributed by atoms with E-state index in [4.69, 9.17) is 5.73 Å². The third-order valence-corrected chi connectivity index (χ3v) is 5.43. The lowest BCUT2D eigenvalue weighted by molar-refractivity contribution is -0.137. The Kier molecular flexibility index (Phi) is 4.44. The Labute approximate surface area is 163 Å². The predicted molar refractivity (Wildman–Crippen MR) is 103 cm³/mol. The summed E-state index contributed by atoms with van der Waals surface area (Å²) in [6.07, 6.45) is 4.00. The summed E-state index contributed by atoms with van der Waals surface area (Å²) >= 11 is 0. The summed E-state index contributed by atoms with van der Waals surface area (Å²) in [7, 11) is 1.65. The van der Waals surface area contributed by atoms with Crippen LogP contribution in [0.2, 0.25) is 0 Å². The number of amides is 2. The zero-order valence-electron chi connectivity index (χ0n) is 15.7. The molecule has 28 heavy (non-hydrogen) atoms. The molecule has 1 saturated heterocycles. The monoisotopic (exact) mass is 378 g/mol. The van der Waals surface area contributed by atoms with Crippen LogP contribution in [0.4, 0.5) is 0 Å². The number of likely N-dealkylation sites (tertiary alicyclic amines) is 1. The quantitative estimate of drug-likeness (QED) is 0.755. The van der Waals surface area contributed by atoms with Gasteiger partial charge in [-0.2, -0.15) is 5.10 Å². The van der Waals surface area contributed by atoms with Crippen LogP contribution in [0.15, 0.2) is 24.3 Å². The summed E-state index contributed by atoms with van der Waals surface area (Å²) in [5.74, 6) is 4.76. The highest BCUT2D eigenvalue weighted by Gasteiger charge is 2.42. The molecule has 0 bridgehead atoms. The van der Waals surface area contributed by atoms with Crippen LogP contribution in [-0.4, -0.2) is 50.8 Å². The fraction of sp³-hybridized carbons (Fsp3) is 0.381. The van der Waals surface area contributed by atoms with E-state index in [9.17, 15) is 14.7 Å². The van der Waals surface area contributed by atoms with Crippen molar-refractivity contribution in [3.05, 3.63) is 46.8 Å². The summed E-state index contributed by atoms with van der Waals surface area (Å²) in [5, 5.41) is 14.9. The summed E-state index contributed by atoms with van der Waals surface area (Å²) in [4.78, 5) is 25.3. The molecular weight excluding hydrogens is 356 g/mol. The number of hydrogen-bond donors (Lipinski definition) is 2. The minimum Gasteiger partial charge on any atom is -0.369 e. The molecule has 1 aliphatic carbocycles. The van der Waals surface area contributed by atoms with Crippen LogP contribution < -0.4 is 5.73 Å². The number of carbonyl (C=O) groups is 2. The van der Waals surface area contributed by atoms with E-state index in [1.165, 1.54) is 4.90 Å². The minimum absolute atomic E-state index is 0.295. The van der Waals surface area contributed by atoms with E-state index < -0.39 is 11.5 Å². The molecule has 2 amide bonds. The molecule has 2 aromatic rings. The number of nitrogens with zero attached hydrogens (tertiary/aromatic N) is 3. The van der Waals surface area contributed by atoms with Gasteiger partial charge in [0.05, 0.1) is 5.69 Å². The van der Waals surface area contributed by atoms with Gasteiger partial charge < -0.3 is 15.7 Å². The standard InChI is InChI=1S/C21H22N4O3/c1-24-12-11-21(28,20(24)27)10-9-14-5-4-6-15(13-14)25-17-8-3-2-7-16(17)18(23-25)19(22)26/h4-6,13,28H,2-3,7-8,11-12H2,1H3,(H2,22,26). The number of rotatable bonds is 2. The first kappa shape index (κ1) is 18.3. The minimum atomic E-state index is -1.63. The van der Waals surface area contributed by atoms with Gasteiger partial charge in [0.2, 0.25) is 5.60 Å². The topological polar surface area (TPSA) is 101 Å². The van der Waals surface area contributed by atoms with Crippen LogP contribution in [0.1, 0.15) is 46.6 Å². The summed E-state index contributed by atoms with van der Waals surface area (Å²) in [6.45, 7) is 0.485. The highest BCUT2D eigenvalue weighted by Crippen LogP contribution is 2.27. The third-order valence-electron chi connectivity index (χ3n) is 5.43. The van der Waals surface area contributed by atoms with Gasteiger partial charge in [0.1, 0.15) is 0 Å². The van der Waals surface area contributed by atoms with Crippen molar-refractivity contribution in [2.45, 2.75) is 37.7 Å². The number of primary amides is 1. The molecule has 7 nitrogen and oxygen atoms in total. The van der Waals surface area contributed by atoms with Crippen LogP contribution in [-0.2, 0) is 17.6 Å². The number of fused-ring (bicyclic) bond motifs is 1. The second kappa shape index (κ2) is 6.80. The van der Waals surface area contributed by atoms with Crippen LogP contribution in [0.25, 0.3) is 5.69 Å². The SMILES string of the molecule is CN1CCC(O)(C#Cc2cccc(-n3nc(C(N)=O)c4c3CCCC4)c2)C1=O. The van der Waals surface area contributed by atoms with Crippen molar-refractivity contribution in [3.8, 4) is 17.5 Å². The first-order valence-corrected chi connectivity index (χ1v) is 9.41. The van der Waals surface area contributed by atoms with Gasteiger partial charge in [-0.1, -0.05) is 17.9 Å². The maximum Gasteiger partial charge on any atom is 0.269 e.